The van der Waals surface area contributed by atoms with Gasteiger partial charge in [0.2, 0.25) is 15.9 Å². The molecule has 8 heteroatoms. The topological polar surface area (TPSA) is 108 Å². The van der Waals surface area contributed by atoms with Gasteiger partial charge in [0.05, 0.1) is 20.1 Å². The Morgan fingerprint density at radius 2 is 2.05 bits per heavy atom. The van der Waals surface area contributed by atoms with E-state index < -0.39 is 10.0 Å². The molecule has 0 radical (unpaired) electrons. The fourth-order valence-corrected chi connectivity index (χ4v) is 2.60. The van der Waals surface area contributed by atoms with Gasteiger partial charge < -0.3 is 14.8 Å². The summed E-state index contributed by atoms with van der Waals surface area (Å²) in [5.74, 6) is -0.0838. The minimum absolute atomic E-state index is 0.0422. The number of ether oxygens (including phenoxy) is 2. The largest absolute Gasteiger partial charge is 0.495 e. The summed E-state index contributed by atoms with van der Waals surface area (Å²) in [4.78, 5) is 11.7. The molecule has 21 heavy (non-hydrogen) atoms. The second kappa shape index (κ2) is 7.39. The molecular formula is C13H20N2O5S. The third-order valence-corrected chi connectivity index (χ3v) is 3.66. The molecule has 1 amide bonds. The number of nitrogens with one attached hydrogen (secondary N) is 1. The van der Waals surface area contributed by atoms with Crippen LogP contribution in [0.5, 0.6) is 5.75 Å². The number of nitrogens with two attached hydrogens (primary N) is 1. The summed E-state index contributed by atoms with van der Waals surface area (Å²) in [6, 6.07) is 4.31. The highest BCUT2D eigenvalue weighted by Crippen LogP contribution is 2.23. The van der Waals surface area contributed by atoms with Gasteiger partial charge in [0.25, 0.3) is 0 Å². The van der Waals surface area contributed by atoms with Crippen molar-refractivity contribution >= 4 is 15.9 Å². The molecule has 0 aliphatic rings. The van der Waals surface area contributed by atoms with E-state index in [1.54, 1.807) is 13.2 Å². The van der Waals surface area contributed by atoms with Gasteiger partial charge in [-0.15, -0.1) is 0 Å². The predicted molar refractivity (Wildman–Crippen MR) is 77.6 cm³/mol. The minimum atomic E-state index is -3.91. The number of methoxy groups -OCH3 is 2. The van der Waals surface area contributed by atoms with Gasteiger partial charge >= 0.3 is 0 Å². The lowest BCUT2D eigenvalue weighted by Gasteiger charge is -2.13. The molecule has 1 unspecified atom stereocenters. The van der Waals surface area contributed by atoms with E-state index in [-0.39, 0.29) is 29.0 Å². The monoisotopic (exact) mass is 316 g/mol. The summed E-state index contributed by atoms with van der Waals surface area (Å²) in [5, 5.41) is 7.87. The van der Waals surface area contributed by atoms with Crippen molar-refractivity contribution in [2.24, 2.45) is 5.14 Å². The second-order valence-electron chi connectivity index (χ2n) is 4.63. The maximum absolute atomic E-state index is 11.8. The Labute approximate surface area is 124 Å². The van der Waals surface area contributed by atoms with Crippen LogP contribution in [0.4, 0.5) is 0 Å². The van der Waals surface area contributed by atoms with E-state index in [2.05, 4.69) is 5.32 Å². The molecule has 0 saturated carbocycles. The van der Waals surface area contributed by atoms with E-state index in [1.165, 1.54) is 19.2 Å². The van der Waals surface area contributed by atoms with Crippen LogP contribution in [-0.4, -0.2) is 41.2 Å². The molecular weight excluding hydrogens is 296 g/mol. The van der Waals surface area contributed by atoms with Gasteiger partial charge in [-0.25, -0.2) is 13.6 Å². The Hall–Kier alpha value is -1.64. The molecule has 0 aliphatic heterocycles. The molecule has 0 aromatic heterocycles. The highest BCUT2D eigenvalue weighted by Gasteiger charge is 2.17. The van der Waals surface area contributed by atoms with Crippen LogP contribution in [0.3, 0.4) is 0 Å². The van der Waals surface area contributed by atoms with E-state index in [9.17, 15) is 13.2 Å². The van der Waals surface area contributed by atoms with Crippen LogP contribution in [0.15, 0.2) is 23.1 Å². The first-order chi connectivity index (χ1) is 9.77. The molecule has 118 valence electrons. The lowest BCUT2D eigenvalue weighted by Crippen LogP contribution is -2.36. The highest BCUT2D eigenvalue weighted by molar-refractivity contribution is 7.89. The van der Waals surface area contributed by atoms with E-state index >= 15 is 0 Å². The Morgan fingerprint density at radius 3 is 2.57 bits per heavy atom. The van der Waals surface area contributed by atoms with Crippen molar-refractivity contribution in [3.8, 4) is 5.75 Å². The molecule has 1 rings (SSSR count). The van der Waals surface area contributed by atoms with Crippen LogP contribution < -0.4 is 15.2 Å². The Balaban J connectivity index is 2.88. The number of benzene rings is 1. The van der Waals surface area contributed by atoms with Gasteiger partial charge in [-0.1, -0.05) is 6.07 Å². The minimum Gasteiger partial charge on any atom is -0.495 e. The Morgan fingerprint density at radius 1 is 1.38 bits per heavy atom. The first-order valence-corrected chi connectivity index (χ1v) is 7.80. The lowest BCUT2D eigenvalue weighted by atomic mass is 10.1. The molecule has 0 aliphatic carbocycles. The maximum atomic E-state index is 11.8. The van der Waals surface area contributed by atoms with E-state index in [1.807, 2.05) is 6.92 Å². The third-order valence-electron chi connectivity index (χ3n) is 2.72. The summed E-state index contributed by atoms with van der Waals surface area (Å²) in [6.45, 7) is 2.21. The van der Waals surface area contributed by atoms with Crippen LogP contribution in [-0.2, 0) is 26.0 Å². The molecule has 1 aromatic carbocycles. The summed E-state index contributed by atoms with van der Waals surface area (Å²) in [5.41, 5.74) is 0.530. The standard InChI is InChI=1S/C13H20N2O5S/c1-9(8-19-2)15-13(16)7-10-4-5-11(20-3)12(6-10)21(14,17)18/h4-6,9H,7-8H2,1-3H3,(H,15,16)(H2,14,17,18). The van der Waals surface area contributed by atoms with Crippen molar-refractivity contribution < 1.29 is 22.7 Å². The predicted octanol–water partition coefficient (Wildman–Crippen LogP) is 0.0362. The van der Waals surface area contributed by atoms with Crippen LogP contribution in [0.1, 0.15) is 12.5 Å². The van der Waals surface area contributed by atoms with Crippen molar-refractivity contribution in [1.29, 1.82) is 0 Å². The lowest BCUT2D eigenvalue weighted by molar-refractivity contribution is -0.121. The second-order valence-corrected chi connectivity index (χ2v) is 6.16. The third kappa shape index (κ3) is 5.33. The van der Waals surface area contributed by atoms with Crippen LogP contribution >= 0.6 is 0 Å². The molecule has 1 atom stereocenters. The van der Waals surface area contributed by atoms with Crippen molar-refractivity contribution in [2.75, 3.05) is 20.8 Å². The Kier molecular flexibility index (Phi) is 6.13. The van der Waals surface area contributed by atoms with Crippen molar-refractivity contribution in [3.05, 3.63) is 23.8 Å². The van der Waals surface area contributed by atoms with E-state index in [0.717, 1.165) is 0 Å². The van der Waals surface area contributed by atoms with Gasteiger partial charge in [-0.05, 0) is 24.6 Å². The number of primary sulfonamides is 1. The number of hydrogen-bond donors (Lipinski definition) is 2. The zero-order valence-electron chi connectivity index (χ0n) is 12.3. The average Bonchev–Trinajstić information content (AvgIpc) is 2.37. The number of amides is 1. The zero-order chi connectivity index (χ0) is 16.0. The van der Waals surface area contributed by atoms with Gasteiger partial charge in [0.15, 0.2) is 0 Å². The molecule has 0 heterocycles. The van der Waals surface area contributed by atoms with Crippen LogP contribution in [0.2, 0.25) is 0 Å². The van der Waals surface area contributed by atoms with Crippen LogP contribution in [0, 0.1) is 0 Å². The number of rotatable bonds is 7. The normalized spacial score (nSPS) is 12.8. The number of carbonyl (C=O) groups is 1. The maximum Gasteiger partial charge on any atom is 0.241 e. The van der Waals surface area contributed by atoms with Gasteiger partial charge in [-0.2, -0.15) is 0 Å². The highest BCUT2D eigenvalue weighted by atomic mass is 32.2. The molecule has 0 bridgehead atoms. The first kappa shape index (κ1) is 17.4. The quantitative estimate of drug-likeness (QED) is 0.738. The van der Waals surface area contributed by atoms with Crippen molar-refractivity contribution in [1.82, 2.24) is 5.32 Å². The fourth-order valence-electron chi connectivity index (χ4n) is 1.86. The summed E-state index contributed by atoms with van der Waals surface area (Å²) >= 11 is 0. The number of sulfonamides is 1. The smallest absolute Gasteiger partial charge is 0.241 e. The fraction of sp³-hybridized carbons (Fsp3) is 0.462. The van der Waals surface area contributed by atoms with Gasteiger partial charge in [0.1, 0.15) is 10.6 Å². The average molecular weight is 316 g/mol. The number of hydrogen-bond acceptors (Lipinski definition) is 5. The molecule has 0 fully saturated rings. The van der Waals surface area contributed by atoms with E-state index in [4.69, 9.17) is 14.6 Å². The first-order valence-electron chi connectivity index (χ1n) is 6.26. The van der Waals surface area contributed by atoms with Crippen LogP contribution in [0.25, 0.3) is 0 Å². The van der Waals surface area contributed by atoms with E-state index in [0.29, 0.717) is 12.2 Å². The van der Waals surface area contributed by atoms with Gasteiger partial charge in [0, 0.05) is 13.2 Å². The SMILES string of the molecule is COCC(C)NC(=O)Cc1ccc(OC)c(S(N)(=O)=O)c1. The Bertz CT molecular complexity index is 601. The summed E-state index contributed by atoms with van der Waals surface area (Å²) in [7, 11) is -1.02. The molecule has 0 spiro atoms. The van der Waals surface area contributed by atoms with Gasteiger partial charge in [-0.3, -0.25) is 4.79 Å². The molecule has 3 N–H and O–H groups in total. The summed E-state index contributed by atoms with van der Waals surface area (Å²) in [6.07, 6.45) is 0.0422. The zero-order valence-corrected chi connectivity index (χ0v) is 13.1. The molecule has 7 nitrogen and oxygen atoms in total. The number of carbonyl (C=O) groups excluding carboxylic acids is 1. The molecule has 1 aromatic rings. The van der Waals surface area contributed by atoms with Crippen molar-refractivity contribution in [2.45, 2.75) is 24.3 Å². The summed E-state index contributed by atoms with van der Waals surface area (Å²) < 4.78 is 32.9. The molecule has 0 saturated heterocycles. The van der Waals surface area contributed by atoms with Crippen molar-refractivity contribution in [3.63, 3.8) is 0 Å².